The Morgan fingerprint density at radius 3 is 2.90 bits per heavy atom. The summed E-state index contributed by atoms with van der Waals surface area (Å²) in [5.74, 6) is 0.799. The molecule has 1 aromatic heterocycles. The highest BCUT2D eigenvalue weighted by Crippen LogP contribution is 2.23. The highest BCUT2D eigenvalue weighted by molar-refractivity contribution is 5.95. The molecule has 114 valence electrons. The van der Waals surface area contributed by atoms with Gasteiger partial charge in [0.05, 0.1) is 0 Å². The van der Waals surface area contributed by atoms with E-state index in [0.717, 1.165) is 25.3 Å². The smallest absolute Gasteiger partial charge is 0.254 e. The van der Waals surface area contributed by atoms with Crippen molar-refractivity contribution in [2.75, 3.05) is 31.9 Å². The van der Waals surface area contributed by atoms with Gasteiger partial charge in [-0.15, -0.1) is 0 Å². The van der Waals surface area contributed by atoms with Crippen molar-refractivity contribution >= 4 is 11.7 Å². The van der Waals surface area contributed by atoms with E-state index in [0.29, 0.717) is 17.4 Å². The minimum Gasteiger partial charge on any atom is -0.384 e. The molecule has 0 aliphatic carbocycles. The number of hydrogen-bond donors (Lipinski definition) is 1. The van der Waals surface area contributed by atoms with Gasteiger partial charge in [0, 0.05) is 36.9 Å². The second-order valence-electron chi connectivity index (χ2n) is 6.44. The summed E-state index contributed by atoms with van der Waals surface area (Å²) in [7, 11) is 0. The van der Waals surface area contributed by atoms with Crippen molar-refractivity contribution in [2.45, 2.75) is 38.6 Å². The number of nitrogens with two attached hydrogens (primary N) is 1. The molecule has 2 fully saturated rings. The highest BCUT2D eigenvalue weighted by Gasteiger charge is 2.32. The van der Waals surface area contributed by atoms with Gasteiger partial charge >= 0.3 is 0 Å². The third-order valence-electron chi connectivity index (χ3n) is 4.58. The van der Waals surface area contributed by atoms with Gasteiger partial charge in [-0.3, -0.25) is 9.69 Å². The van der Waals surface area contributed by atoms with E-state index in [9.17, 15) is 4.79 Å². The molecule has 2 aliphatic rings. The molecule has 5 heteroatoms. The topological polar surface area (TPSA) is 62.5 Å². The number of hydrogen-bond acceptors (Lipinski definition) is 4. The number of anilines is 1. The zero-order valence-electron chi connectivity index (χ0n) is 12.9. The lowest BCUT2D eigenvalue weighted by molar-refractivity contribution is 0.0571. The Balaban J connectivity index is 1.78. The van der Waals surface area contributed by atoms with Crippen LogP contribution in [-0.4, -0.2) is 52.9 Å². The Hall–Kier alpha value is -1.62. The van der Waals surface area contributed by atoms with Gasteiger partial charge < -0.3 is 10.6 Å². The van der Waals surface area contributed by atoms with Crippen LogP contribution in [0.5, 0.6) is 0 Å². The third kappa shape index (κ3) is 2.88. The molecule has 0 saturated carbocycles. The molecule has 3 rings (SSSR count). The molecule has 0 aromatic carbocycles. The minimum absolute atomic E-state index is 0.0950. The standard InChI is InChI=1S/C16H24N4O/c1-11(2)14-8-12(9-15(17)18-14)16(21)20-7-6-19-5-3-4-13(19)10-20/h8-9,11,13H,3-7,10H2,1-2H3,(H2,17,18). The lowest BCUT2D eigenvalue weighted by atomic mass is 10.1. The van der Waals surface area contributed by atoms with E-state index in [1.807, 2.05) is 11.0 Å². The summed E-state index contributed by atoms with van der Waals surface area (Å²) in [6.07, 6.45) is 2.46. The van der Waals surface area contributed by atoms with Crippen molar-refractivity contribution in [3.63, 3.8) is 0 Å². The van der Waals surface area contributed by atoms with E-state index >= 15 is 0 Å². The largest absolute Gasteiger partial charge is 0.384 e. The van der Waals surface area contributed by atoms with E-state index < -0.39 is 0 Å². The molecular weight excluding hydrogens is 264 g/mol. The monoisotopic (exact) mass is 288 g/mol. The fourth-order valence-electron chi connectivity index (χ4n) is 3.35. The molecule has 1 amide bonds. The maximum atomic E-state index is 12.7. The Bertz CT molecular complexity index is 543. The third-order valence-corrected chi connectivity index (χ3v) is 4.58. The quantitative estimate of drug-likeness (QED) is 0.900. The maximum absolute atomic E-state index is 12.7. The number of carbonyl (C=O) groups is 1. The molecular formula is C16H24N4O. The Morgan fingerprint density at radius 1 is 1.33 bits per heavy atom. The van der Waals surface area contributed by atoms with Crippen LogP contribution in [-0.2, 0) is 0 Å². The Labute approximate surface area is 126 Å². The number of fused-ring (bicyclic) bond motifs is 1. The van der Waals surface area contributed by atoms with Crippen molar-refractivity contribution in [1.29, 1.82) is 0 Å². The van der Waals surface area contributed by atoms with Crippen molar-refractivity contribution in [3.05, 3.63) is 23.4 Å². The average Bonchev–Trinajstić information content (AvgIpc) is 2.93. The van der Waals surface area contributed by atoms with Crippen molar-refractivity contribution in [3.8, 4) is 0 Å². The zero-order chi connectivity index (χ0) is 15.0. The van der Waals surface area contributed by atoms with E-state index in [1.54, 1.807) is 6.07 Å². The van der Waals surface area contributed by atoms with Crippen LogP contribution in [0, 0.1) is 0 Å². The number of amides is 1. The number of nitrogens with zero attached hydrogens (tertiary/aromatic N) is 3. The van der Waals surface area contributed by atoms with Crippen LogP contribution in [0.4, 0.5) is 5.82 Å². The molecule has 2 N–H and O–H groups in total. The molecule has 1 atom stereocenters. The van der Waals surface area contributed by atoms with Gasteiger partial charge in [-0.25, -0.2) is 4.98 Å². The molecule has 2 aliphatic heterocycles. The van der Waals surface area contributed by atoms with Crippen LogP contribution in [0.2, 0.25) is 0 Å². The van der Waals surface area contributed by atoms with Crippen molar-refractivity contribution in [2.24, 2.45) is 0 Å². The second-order valence-corrected chi connectivity index (χ2v) is 6.44. The summed E-state index contributed by atoms with van der Waals surface area (Å²) in [6.45, 7) is 7.97. The molecule has 5 nitrogen and oxygen atoms in total. The number of pyridine rings is 1. The van der Waals surface area contributed by atoms with E-state index in [1.165, 1.54) is 19.4 Å². The molecule has 2 saturated heterocycles. The van der Waals surface area contributed by atoms with E-state index in [4.69, 9.17) is 5.73 Å². The molecule has 0 spiro atoms. The number of piperazine rings is 1. The normalized spacial score (nSPS) is 22.6. The molecule has 0 bridgehead atoms. The van der Waals surface area contributed by atoms with Crippen LogP contribution < -0.4 is 5.73 Å². The fourth-order valence-corrected chi connectivity index (χ4v) is 3.35. The van der Waals surface area contributed by atoms with Crippen LogP contribution in [0.3, 0.4) is 0 Å². The first kappa shape index (κ1) is 14.3. The zero-order valence-corrected chi connectivity index (χ0v) is 12.9. The maximum Gasteiger partial charge on any atom is 0.254 e. The number of rotatable bonds is 2. The predicted molar refractivity (Wildman–Crippen MR) is 83.2 cm³/mol. The van der Waals surface area contributed by atoms with Gasteiger partial charge in [-0.1, -0.05) is 13.8 Å². The average molecular weight is 288 g/mol. The van der Waals surface area contributed by atoms with Crippen molar-refractivity contribution < 1.29 is 4.79 Å². The van der Waals surface area contributed by atoms with Gasteiger partial charge in [-0.2, -0.15) is 0 Å². The first-order chi connectivity index (χ1) is 10.0. The number of carbonyl (C=O) groups excluding carboxylic acids is 1. The summed E-state index contributed by atoms with van der Waals surface area (Å²) in [4.78, 5) is 21.5. The fraction of sp³-hybridized carbons (Fsp3) is 0.625. The van der Waals surface area contributed by atoms with Crippen molar-refractivity contribution in [1.82, 2.24) is 14.8 Å². The lowest BCUT2D eigenvalue weighted by Gasteiger charge is -2.37. The number of nitrogen functional groups attached to an aromatic ring is 1. The molecule has 1 unspecified atom stereocenters. The second kappa shape index (κ2) is 5.64. The Morgan fingerprint density at radius 2 is 2.14 bits per heavy atom. The SMILES string of the molecule is CC(C)c1cc(C(=O)N2CCN3CCCC3C2)cc(N)n1. The molecule has 0 radical (unpaired) electrons. The predicted octanol–water partition coefficient (Wildman–Crippen LogP) is 1.71. The first-order valence-electron chi connectivity index (χ1n) is 7.85. The van der Waals surface area contributed by atoms with Crippen LogP contribution >= 0.6 is 0 Å². The summed E-state index contributed by atoms with van der Waals surface area (Å²) in [6, 6.07) is 4.14. The van der Waals surface area contributed by atoms with Gasteiger partial charge in [-0.05, 0) is 37.4 Å². The van der Waals surface area contributed by atoms with Crippen LogP contribution in [0.25, 0.3) is 0 Å². The molecule has 1 aromatic rings. The summed E-state index contributed by atoms with van der Waals surface area (Å²) in [5.41, 5.74) is 7.43. The van der Waals surface area contributed by atoms with E-state index in [2.05, 4.69) is 23.7 Å². The minimum atomic E-state index is 0.0950. The van der Waals surface area contributed by atoms with Gasteiger partial charge in [0.2, 0.25) is 0 Å². The lowest BCUT2D eigenvalue weighted by Crippen LogP contribution is -2.52. The van der Waals surface area contributed by atoms with Gasteiger partial charge in [0.15, 0.2) is 0 Å². The van der Waals surface area contributed by atoms with Gasteiger partial charge in [0.25, 0.3) is 5.91 Å². The van der Waals surface area contributed by atoms with Crippen LogP contribution in [0.15, 0.2) is 12.1 Å². The summed E-state index contributed by atoms with van der Waals surface area (Å²) >= 11 is 0. The molecule has 3 heterocycles. The summed E-state index contributed by atoms with van der Waals surface area (Å²) in [5, 5.41) is 0. The number of aromatic nitrogens is 1. The highest BCUT2D eigenvalue weighted by atomic mass is 16.2. The van der Waals surface area contributed by atoms with Gasteiger partial charge in [0.1, 0.15) is 5.82 Å². The summed E-state index contributed by atoms with van der Waals surface area (Å²) < 4.78 is 0. The van der Waals surface area contributed by atoms with E-state index in [-0.39, 0.29) is 11.8 Å². The molecule has 21 heavy (non-hydrogen) atoms. The van der Waals surface area contributed by atoms with Crippen LogP contribution in [0.1, 0.15) is 48.7 Å². The first-order valence-corrected chi connectivity index (χ1v) is 7.85. The Kier molecular flexibility index (Phi) is 3.85.